The molecule has 1 amide bonds. The van der Waals surface area contributed by atoms with Crippen LogP contribution < -0.4 is 5.32 Å². The zero-order valence-corrected chi connectivity index (χ0v) is 12.2. The maximum absolute atomic E-state index is 12.1. The van der Waals surface area contributed by atoms with Crippen LogP contribution in [0.4, 0.5) is 0 Å². The second-order valence-corrected chi connectivity index (χ2v) is 5.09. The molecule has 0 radical (unpaired) electrons. The van der Waals surface area contributed by atoms with Crippen molar-refractivity contribution in [3.05, 3.63) is 35.4 Å². The Kier molecular flexibility index (Phi) is 6.18. The van der Waals surface area contributed by atoms with Gasteiger partial charge in [-0.1, -0.05) is 25.5 Å². The number of carboxylic acids is 1. The van der Waals surface area contributed by atoms with E-state index >= 15 is 0 Å². The van der Waals surface area contributed by atoms with Crippen LogP contribution in [0.3, 0.4) is 0 Å². The van der Waals surface area contributed by atoms with Gasteiger partial charge in [0.15, 0.2) is 0 Å². The Balaban J connectivity index is 2.78. The molecule has 1 rings (SSSR count). The molecule has 0 saturated heterocycles. The van der Waals surface area contributed by atoms with Gasteiger partial charge in [-0.3, -0.25) is 4.79 Å². The standard InChI is InChI=1S/C15H22N2O3/c1-4-6-13(15(19)20)16-14(18)12-8-5-7-11(9-12)10-17(2)3/h5,7-9,13H,4,6,10H2,1-3H3,(H,16,18)(H,19,20). The molecule has 0 aromatic heterocycles. The molecular weight excluding hydrogens is 256 g/mol. The molecule has 0 fully saturated rings. The highest BCUT2D eigenvalue weighted by Gasteiger charge is 2.19. The quantitative estimate of drug-likeness (QED) is 0.797. The first-order valence-electron chi connectivity index (χ1n) is 6.71. The third-order valence-corrected chi connectivity index (χ3v) is 2.87. The van der Waals surface area contributed by atoms with Crippen molar-refractivity contribution in [2.24, 2.45) is 0 Å². The first kappa shape index (κ1) is 16.2. The zero-order valence-electron chi connectivity index (χ0n) is 12.2. The Bertz CT molecular complexity index is 472. The lowest BCUT2D eigenvalue weighted by atomic mass is 10.1. The van der Waals surface area contributed by atoms with E-state index in [0.29, 0.717) is 18.4 Å². The summed E-state index contributed by atoms with van der Waals surface area (Å²) in [5.41, 5.74) is 1.51. The van der Waals surface area contributed by atoms with Gasteiger partial charge in [-0.25, -0.2) is 4.79 Å². The summed E-state index contributed by atoms with van der Waals surface area (Å²) in [5.74, 6) is -1.34. The van der Waals surface area contributed by atoms with E-state index in [2.05, 4.69) is 5.32 Å². The fourth-order valence-electron chi connectivity index (χ4n) is 1.96. The zero-order chi connectivity index (χ0) is 15.1. The molecule has 0 spiro atoms. The fourth-order valence-corrected chi connectivity index (χ4v) is 1.96. The van der Waals surface area contributed by atoms with Gasteiger partial charge in [0.1, 0.15) is 6.04 Å². The van der Waals surface area contributed by atoms with Gasteiger partial charge in [0.05, 0.1) is 0 Å². The van der Waals surface area contributed by atoms with Crippen molar-refractivity contribution in [3.8, 4) is 0 Å². The van der Waals surface area contributed by atoms with Crippen LogP contribution in [0.25, 0.3) is 0 Å². The van der Waals surface area contributed by atoms with E-state index in [-0.39, 0.29) is 5.91 Å². The largest absolute Gasteiger partial charge is 0.480 e. The van der Waals surface area contributed by atoms with E-state index in [4.69, 9.17) is 5.11 Å². The van der Waals surface area contributed by atoms with Gasteiger partial charge in [-0.15, -0.1) is 0 Å². The summed E-state index contributed by atoms with van der Waals surface area (Å²) in [4.78, 5) is 25.1. The number of rotatable bonds is 7. The van der Waals surface area contributed by atoms with Crippen molar-refractivity contribution >= 4 is 11.9 Å². The lowest BCUT2D eigenvalue weighted by Gasteiger charge is -2.14. The predicted molar refractivity (Wildman–Crippen MR) is 77.6 cm³/mol. The Morgan fingerprint density at radius 2 is 2.05 bits per heavy atom. The van der Waals surface area contributed by atoms with Crippen LogP contribution in [0.2, 0.25) is 0 Å². The molecule has 20 heavy (non-hydrogen) atoms. The molecule has 5 heteroatoms. The summed E-state index contributed by atoms with van der Waals surface area (Å²) >= 11 is 0. The Labute approximate surface area is 119 Å². The summed E-state index contributed by atoms with van der Waals surface area (Å²) in [6, 6.07) is 6.41. The first-order chi connectivity index (χ1) is 9.43. The van der Waals surface area contributed by atoms with Gasteiger partial charge in [-0.2, -0.15) is 0 Å². The first-order valence-corrected chi connectivity index (χ1v) is 6.71. The smallest absolute Gasteiger partial charge is 0.326 e. The molecule has 0 aliphatic carbocycles. The minimum atomic E-state index is -0.996. The predicted octanol–water partition coefficient (Wildman–Crippen LogP) is 1.73. The number of aliphatic carboxylic acids is 1. The van der Waals surface area contributed by atoms with Gasteiger partial charge in [-0.05, 0) is 38.2 Å². The third kappa shape index (κ3) is 5.01. The Hall–Kier alpha value is -1.88. The second kappa shape index (κ2) is 7.65. The van der Waals surface area contributed by atoms with Crippen molar-refractivity contribution in [2.75, 3.05) is 14.1 Å². The van der Waals surface area contributed by atoms with Crippen molar-refractivity contribution in [1.29, 1.82) is 0 Å². The second-order valence-electron chi connectivity index (χ2n) is 5.09. The van der Waals surface area contributed by atoms with Gasteiger partial charge < -0.3 is 15.3 Å². The molecule has 0 aliphatic heterocycles. The molecule has 1 atom stereocenters. The summed E-state index contributed by atoms with van der Waals surface area (Å²) in [5, 5.41) is 11.6. The number of carboxylic acid groups (broad SMARTS) is 1. The topological polar surface area (TPSA) is 69.6 Å². The van der Waals surface area contributed by atoms with Crippen LogP contribution >= 0.6 is 0 Å². The van der Waals surface area contributed by atoms with E-state index in [9.17, 15) is 9.59 Å². The molecule has 110 valence electrons. The van der Waals surface area contributed by atoms with Crippen LogP contribution in [0.5, 0.6) is 0 Å². The number of nitrogens with zero attached hydrogens (tertiary/aromatic N) is 1. The van der Waals surface area contributed by atoms with Crippen molar-refractivity contribution in [3.63, 3.8) is 0 Å². The minimum Gasteiger partial charge on any atom is -0.480 e. The van der Waals surface area contributed by atoms with E-state index in [1.54, 1.807) is 12.1 Å². The van der Waals surface area contributed by atoms with Crippen LogP contribution in [-0.2, 0) is 11.3 Å². The van der Waals surface area contributed by atoms with Crippen molar-refractivity contribution in [1.82, 2.24) is 10.2 Å². The maximum atomic E-state index is 12.1. The number of carbonyl (C=O) groups is 2. The molecule has 1 unspecified atom stereocenters. The van der Waals surface area contributed by atoms with E-state index < -0.39 is 12.0 Å². The number of hydrogen-bond donors (Lipinski definition) is 2. The van der Waals surface area contributed by atoms with Crippen LogP contribution in [0.15, 0.2) is 24.3 Å². The van der Waals surface area contributed by atoms with E-state index in [0.717, 1.165) is 12.1 Å². The number of carbonyl (C=O) groups excluding carboxylic acids is 1. The van der Waals surface area contributed by atoms with Crippen molar-refractivity contribution in [2.45, 2.75) is 32.4 Å². The Morgan fingerprint density at radius 1 is 1.35 bits per heavy atom. The normalized spacial score (nSPS) is 12.2. The lowest BCUT2D eigenvalue weighted by molar-refractivity contribution is -0.139. The van der Waals surface area contributed by atoms with Crippen molar-refractivity contribution < 1.29 is 14.7 Å². The molecule has 1 aromatic rings. The average molecular weight is 278 g/mol. The highest BCUT2D eigenvalue weighted by Crippen LogP contribution is 2.08. The fraction of sp³-hybridized carbons (Fsp3) is 0.467. The van der Waals surface area contributed by atoms with E-state index in [1.165, 1.54) is 0 Å². The van der Waals surface area contributed by atoms with Gasteiger partial charge >= 0.3 is 5.97 Å². The molecule has 0 saturated carbocycles. The average Bonchev–Trinajstić information content (AvgIpc) is 2.37. The molecule has 1 aromatic carbocycles. The van der Waals surface area contributed by atoms with Gasteiger partial charge in [0, 0.05) is 12.1 Å². The monoisotopic (exact) mass is 278 g/mol. The van der Waals surface area contributed by atoms with Gasteiger partial charge in [0.25, 0.3) is 5.91 Å². The number of amides is 1. The highest BCUT2D eigenvalue weighted by molar-refractivity contribution is 5.96. The SMILES string of the molecule is CCCC(NC(=O)c1cccc(CN(C)C)c1)C(=O)O. The molecular formula is C15H22N2O3. The molecule has 5 nitrogen and oxygen atoms in total. The minimum absolute atomic E-state index is 0.341. The third-order valence-electron chi connectivity index (χ3n) is 2.87. The molecule has 2 N–H and O–H groups in total. The number of hydrogen-bond acceptors (Lipinski definition) is 3. The Morgan fingerprint density at radius 3 is 2.60 bits per heavy atom. The number of nitrogens with one attached hydrogen (secondary N) is 1. The molecule has 0 heterocycles. The van der Waals surface area contributed by atoms with E-state index in [1.807, 2.05) is 38.1 Å². The number of benzene rings is 1. The lowest BCUT2D eigenvalue weighted by Crippen LogP contribution is -2.40. The molecule has 0 aliphatic rings. The summed E-state index contributed by atoms with van der Waals surface area (Å²) in [6.45, 7) is 2.62. The van der Waals surface area contributed by atoms with Crippen LogP contribution in [0.1, 0.15) is 35.7 Å². The van der Waals surface area contributed by atoms with Gasteiger partial charge in [0.2, 0.25) is 0 Å². The van der Waals surface area contributed by atoms with Crippen LogP contribution in [-0.4, -0.2) is 42.0 Å². The highest BCUT2D eigenvalue weighted by atomic mass is 16.4. The summed E-state index contributed by atoms with van der Waals surface area (Å²) < 4.78 is 0. The summed E-state index contributed by atoms with van der Waals surface area (Å²) in [7, 11) is 3.91. The maximum Gasteiger partial charge on any atom is 0.326 e. The summed E-state index contributed by atoms with van der Waals surface area (Å²) in [6.07, 6.45) is 1.14. The molecule has 0 bridgehead atoms. The van der Waals surface area contributed by atoms with Crippen LogP contribution in [0, 0.1) is 0 Å².